The van der Waals surface area contributed by atoms with Crippen molar-refractivity contribution in [3.8, 4) is 0 Å². The molecule has 0 radical (unpaired) electrons. The fourth-order valence-corrected chi connectivity index (χ4v) is 4.07. The van der Waals surface area contributed by atoms with Gasteiger partial charge in [-0.15, -0.1) is 0 Å². The van der Waals surface area contributed by atoms with Crippen LogP contribution in [0.3, 0.4) is 0 Å². The third kappa shape index (κ3) is 1.08. The molecule has 0 heterocycles. The van der Waals surface area contributed by atoms with Crippen LogP contribution in [0.25, 0.3) is 0 Å². The number of hydrogen-bond donors (Lipinski definition) is 0. The highest BCUT2D eigenvalue weighted by Gasteiger charge is 2.55. The van der Waals surface area contributed by atoms with Crippen molar-refractivity contribution in [3.63, 3.8) is 0 Å². The largest absolute Gasteiger partial charge is 0.312 e. The molecular weight excluding hydrogens is 244 g/mol. The highest BCUT2D eigenvalue weighted by molar-refractivity contribution is 5.83. The Kier molecular flexibility index (Phi) is 2.03. The Morgan fingerprint density at radius 1 is 0.800 bits per heavy atom. The van der Waals surface area contributed by atoms with Crippen LogP contribution in [-0.4, -0.2) is 11.1 Å². The molecule has 0 bridgehead atoms. The summed E-state index contributed by atoms with van der Waals surface area (Å²) in [6.45, 7) is 4.65. The molecule has 1 nitrogen and oxygen atoms in total. The van der Waals surface area contributed by atoms with Crippen molar-refractivity contribution < 1.29 is 4.79 Å². The quantitative estimate of drug-likeness (QED) is 0.503. The minimum atomic E-state index is -0.0606. The molecule has 0 aromatic carbocycles. The molecule has 0 fully saturated rings. The zero-order valence-corrected chi connectivity index (χ0v) is 11.7. The maximum absolute atomic E-state index is 9.36. The molecule has 0 aromatic heterocycles. The van der Waals surface area contributed by atoms with Crippen molar-refractivity contribution in [2.24, 2.45) is 10.8 Å². The van der Waals surface area contributed by atoms with Gasteiger partial charge in [0.1, 0.15) is 0 Å². The molecule has 98 valence electrons. The first kappa shape index (κ1) is 11.7. The van der Waals surface area contributed by atoms with Gasteiger partial charge in [0.15, 0.2) is 0 Å². The fourth-order valence-electron chi connectivity index (χ4n) is 4.07. The van der Waals surface area contributed by atoms with Crippen LogP contribution in [-0.2, 0) is 0 Å². The molecule has 0 aliphatic heterocycles. The first-order chi connectivity index (χ1) is 9.60. The van der Waals surface area contributed by atoms with E-state index in [1.165, 1.54) is 28.6 Å². The molecule has 2 atom stereocenters. The second-order valence-corrected chi connectivity index (χ2v) is 6.18. The molecule has 4 aliphatic carbocycles. The van der Waals surface area contributed by atoms with E-state index in [1.807, 2.05) is 0 Å². The van der Waals surface area contributed by atoms with Gasteiger partial charge >= 0.3 is 6.29 Å². The molecule has 0 saturated carbocycles. The second-order valence-electron chi connectivity index (χ2n) is 6.18. The highest BCUT2D eigenvalue weighted by Crippen LogP contribution is 2.64. The Morgan fingerprint density at radius 3 is 2.25 bits per heavy atom. The summed E-state index contributed by atoms with van der Waals surface area (Å²) in [4.78, 5) is 9.36. The van der Waals surface area contributed by atoms with Crippen LogP contribution < -0.4 is 0 Å². The Morgan fingerprint density at radius 2 is 1.45 bits per heavy atom. The standard InChI is InChI=1S/C19H16O/c1-18-14-4-3-5-15(18)7-9-17-11-13(12-20)10-16(8-6-14)19(17,18)2/h3-12H,1-2H3/p+1. The summed E-state index contributed by atoms with van der Waals surface area (Å²) in [5.41, 5.74) is 6.05. The Hall–Kier alpha value is -2.15. The molecule has 0 spiro atoms. The number of allylic oxidation sites excluding steroid dienone is 14. The third-order valence-electron chi connectivity index (χ3n) is 5.54. The number of rotatable bonds is 1. The average Bonchev–Trinajstić information content (AvgIpc) is 2.45. The van der Waals surface area contributed by atoms with Gasteiger partial charge in [0.05, 0.1) is 5.57 Å². The van der Waals surface area contributed by atoms with Crippen LogP contribution in [0.2, 0.25) is 0 Å². The van der Waals surface area contributed by atoms with Gasteiger partial charge in [-0.25, -0.2) is 0 Å². The third-order valence-corrected chi connectivity index (χ3v) is 5.54. The molecule has 0 saturated heterocycles. The molecular formula is C19H17O+. The Balaban J connectivity index is 2.11. The topological polar surface area (TPSA) is 21.4 Å². The lowest BCUT2D eigenvalue weighted by Crippen LogP contribution is -2.47. The summed E-state index contributed by atoms with van der Waals surface area (Å²) in [5.74, 6) is 0. The first-order valence-corrected chi connectivity index (χ1v) is 7.02. The summed E-state index contributed by atoms with van der Waals surface area (Å²) < 4.78 is 0. The number of aldehydes is 1. The van der Waals surface area contributed by atoms with E-state index in [2.05, 4.69) is 68.5 Å². The van der Waals surface area contributed by atoms with E-state index in [-0.39, 0.29) is 10.8 Å². The maximum Gasteiger partial charge on any atom is 0.312 e. The molecule has 1 N–H and O–H groups in total. The van der Waals surface area contributed by atoms with Crippen molar-refractivity contribution in [1.82, 2.24) is 0 Å². The van der Waals surface area contributed by atoms with Crippen molar-refractivity contribution in [2.75, 3.05) is 0 Å². The van der Waals surface area contributed by atoms with Crippen molar-refractivity contribution in [1.29, 1.82) is 0 Å². The van der Waals surface area contributed by atoms with Gasteiger partial charge in [-0.1, -0.05) is 56.4 Å². The van der Waals surface area contributed by atoms with Crippen molar-refractivity contribution in [2.45, 2.75) is 13.8 Å². The van der Waals surface area contributed by atoms with Gasteiger partial charge in [-0.05, 0) is 34.4 Å². The Labute approximate surface area is 119 Å². The lowest BCUT2D eigenvalue weighted by Gasteiger charge is -2.55. The Bertz CT molecular complexity index is 749. The lowest BCUT2D eigenvalue weighted by molar-refractivity contribution is 0.249. The van der Waals surface area contributed by atoms with Gasteiger partial charge in [0, 0.05) is 10.8 Å². The zero-order valence-electron chi connectivity index (χ0n) is 11.7. The van der Waals surface area contributed by atoms with Gasteiger partial charge in [-0.3, -0.25) is 4.79 Å². The SMILES string of the molecule is CC12C3=CC=CC1=CC=C1C=C(C=[OH+])C=C(C=C3)C12C. The monoisotopic (exact) mass is 261 g/mol. The molecule has 4 rings (SSSR count). The highest BCUT2D eigenvalue weighted by atomic mass is 16.1. The van der Waals surface area contributed by atoms with E-state index in [0.29, 0.717) is 0 Å². The maximum atomic E-state index is 9.36. The minimum Gasteiger partial charge on any atom is -0.281 e. The smallest absolute Gasteiger partial charge is 0.281 e. The number of carbonyl (C=O) groups excluding carboxylic acids is 1. The van der Waals surface area contributed by atoms with Crippen molar-refractivity contribution >= 4 is 6.29 Å². The molecule has 0 amide bonds. The molecule has 1 heteroatoms. The average molecular weight is 261 g/mol. The van der Waals surface area contributed by atoms with E-state index < -0.39 is 0 Å². The first-order valence-electron chi connectivity index (χ1n) is 7.02. The van der Waals surface area contributed by atoms with Crippen LogP contribution >= 0.6 is 0 Å². The lowest BCUT2D eigenvalue weighted by atomic mass is 9.46. The van der Waals surface area contributed by atoms with Crippen LogP contribution in [0.4, 0.5) is 0 Å². The molecule has 20 heavy (non-hydrogen) atoms. The fraction of sp³-hybridized carbons (Fsp3) is 0.211. The van der Waals surface area contributed by atoms with Crippen LogP contribution in [0.15, 0.2) is 82.5 Å². The molecule has 2 unspecified atom stereocenters. The van der Waals surface area contributed by atoms with Gasteiger partial charge in [0.2, 0.25) is 0 Å². The number of hydrogen-bond acceptors (Lipinski definition) is 0. The van der Waals surface area contributed by atoms with E-state index in [9.17, 15) is 4.79 Å². The zero-order chi connectivity index (χ0) is 14.0. The minimum absolute atomic E-state index is 0.0239. The van der Waals surface area contributed by atoms with Crippen LogP contribution in [0.5, 0.6) is 0 Å². The molecule has 0 aromatic rings. The van der Waals surface area contributed by atoms with E-state index in [1.54, 1.807) is 0 Å². The van der Waals surface area contributed by atoms with E-state index in [4.69, 9.17) is 0 Å². The van der Waals surface area contributed by atoms with Gasteiger partial charge in [0.25, 0.3) is 0 Å². The predicted octanol–water partition coefficient (Wildman–Crippen LogP) is 3.97. The summed E-state index contributed by atoms with van der Waals surface area (Å²) in [7, 11) is 0. The van der Waals surface area contributed by atoms with Crippen molar-refractivity contribution in [3.05, 3.63) is 82.5 Å². The van der Waals surface area contributed by atoms with Gasteiger partial charge < -0.3 is 0 Å². The molecule has 4 aliphatic rings. The predicted molar refractivity (Wildman–Crippen MR) is 82.9 cm³/mol. The normalized spacial score (nSPS) is 36.2. The summed E-state index contributed by atoms with van der Waals surface area (Å²) in [5, 5.41) is 0. The summed E-state index contributed by atoms with van der Waals surface area (Å²) in [6, 6.07) is 0. The second kappa shape index (κ2) is 3.49. The van der Waals surface area contributed by atoms with Gasteiger partial charge in [-0.2, -0.15) is 0 Å². The van der Waals surface area contributed by atoms with Crippen LogP contribution in [0.1, 0.15) is 13.8 Å². The van der Waals surface area contributed by atoms with E-state index in [0.717, 1.165) is 5.57 Å². The summed E-state index contributed by atoms with van der Waals surface area (Å²) >= 11 is 0. The van der Waals surface area contributed by atoms with E-state index >= 15 is 0 Å². The summed E-state index contributed by atoms with van der Waals surface area (Å²) in [6.07, 6.45) is 20.8. The van der Waals surface area contributed by atoms with Crippen LogP contribution in [0, 0.1) is 10.8 Å².